The van der Waals surface area contributed by atoms with Crippen molar-refractivity contribution in [2.75, 3.05) is 5.75 Å². The molecular weight excluding hydrogens is 176 g/mol. The van der Waals surface area contributed by atoms with Crippen molar-refractivity contribution in [3.63, 3.8) is 0 Å². The lowest BCUT2D eigenvalue weighted by Crippen LogP contribution is -2.21. The Labute approximate surface area is 74.2 Å². The highest BCUT2D eigenvalue weighted by Gasteiger charge is 2.19. The van der Waals surface area contributed by atoms with Gasteiger partial charge in [-0.25, -0.2) is 0 Å². The van der Waals surface area contributed by atoms with Crippen LogP contribution in [0.3, 0.4) is 0 Å². The van der Waals surface area contributed by atoms with Crippen molar-refractivity contribution in [1.29, 1.82) is 0 Å². The van der Waals surface area contributed by atoms with Gasteiger partial charge in [0.05, 0.1) is 11.9 Å². The Kier molecular flexibility index (Phi) is 3.53. The first-order valence-electron chi connectivity index (χ1n) is 4.55. The molecule has 0 saturated heterocycles. The highest BCUT2D eigenvalue weighted by Crippen LogP contribution is 2.21. The lowest BCUT2D eigenvalue weighted by atomic mass is 9.98. The maximum absolute atomic E-state index is 11.0. The Hall–Kier alpha value is -0.0900. The van der Waals surface area contributed by atoms with Gasteiger partial charge in [-0.2, -0.15) is 8.42 Å². The summed E-state index contributed by atoms with van der Waals surface area (Å²) in [6.07, 6.45) is 5.18. The van der Waals surface area contributed by atoms with Gasteiger partial charge in [0.15, 0.2) is 0 Å². The minimum atomic E-state index is -3.22. The van der Waals surface area contributed by atoms with Crippen LogP contribution in [0.1, 0.15) is 39.0 Å². The van der Waals surface area contributed by atoms with E-state index >= 15 is 0 Å². The molecule has 4 heteroatoms. The second-order valence-corrected chi connectivity index (χ2v) is 5.09. The lowest BCUT2D eigenvalue weighted by Gasteiger charge is -2.20. The molecule has 1 saturated carbocycles. The number of hydrogen-bond acceptors (Lipinski definition) is 3. The maximum Gasteiger partial charge on any atom is 0.267 e. The number of rotatable bonds is 3. The monoisotopic (exact) mass is 192 g/mol. The molecular formula is C8H16O3S. The Balaban J connectivity index is 2.39. The van der Waals surface area contributed by atoms with Crippen LogP contribution in [-0.4, -0.2) is 20.3 Å². The van der Waals surface area contributed by atoms with Crippen LogP contribution in [0.25, 0.3) is 0 Å². The predicted octanol–water partition coefficient (Wildman–Crippen LogP) is 1.69. The average molecular weight is 192 g/mol. The van der Waals surface area contributed by atoms with Gasteiger partial charge in [0.25, 0.3) is 10.1 Å². The summed E-state index contributed by atoms with van der Waals surface area (Å²) in [7, 11) is -3.22. The first kappa shape index (κ1) is 9.99. The van der Waals surface area contributed by atoms with Crippen molar-refractivity contribution in [3.05, 3.63) is 0 Å². The summed E-state index contributed by atoms with van der Waals surface area (Å²) >= 11 is 0. The minimum Gasteiger partial charge on any atom is -0.267 e. The zero-order valence-corrected chi connectivity index (χ0v) is 8.27. The first-order valence-corrected chi connectivity index (χ1v) is 6.13. The fraction of sp³-hybridized carbons (Fsp3) is 1.00. The van der Waals surface area contributed by atoms with Crippen molar-refractivity contribution in [2.24, 2.45) is 0 Å². The molecule has 12 heavy (non-hydrogen) atoms. The smallest absolute Gasteiger partial charge is 0.267 e. The Morgan fingerprint density at radius 1 is 1.25 bits per heavy atom. The van der Waals surface area contributed by atoms with Crippen LogP contribution in [0.15, 0.2) is 0 Å². The van der Waals surface area contributed by atoms with Gasteiger partial charge in [-0.15, -0.1) is 0 Å². The third-order valence-corrected chi connectivity index (χ3v) is 3.46. The molecule has 0 unspecified atom stereocenters. The van der Waals surface area contributed by atoms with E-state index in [4.69, 9.17) is 4.18 Å². The molecule has 0 radical (unpaired) electrons. The van der Waals surface area contributed by atoms with E-state index in [0.717, 1.165) is 25.7 Å². The quantitative estimate of drug-likeness (QED) is 0.639. The van der Waals surface area contributed by atoms with Gasteiger partial charge in [-0.05, 0) is 19.8 Å². The van der Waals surface area contributed by atoms with E-state index in [9.17, 15) is 8.42 Å². The van der Waals surface area contributed by atoms with Gasteiger partial charge in [-0.1, -0.05) is 19.3 Å². The van der Waals surface area contributed by atoms with Crippen molar-refractivity contribution in [1.82, 2.24) is 0 Å². The lowest BCUT2D eigenvalue weighted by molar-refractivity contribution is 0.162. The molecule has 0 aromatic rings. The standard InChI is InChI=1S/C8H16O3S/c1-2-12(9,10)11-8-6-4-3-5-7-8/h8H,2-7H2,1H3. The molecule has 0 aromatic carbocycles. The molecule has 1 aliphatic rings. The largest absolute Gasteiger partial charge is 0.267 e. The summed E-state index contributed by atoms with van der Waals surface area (Å²) < 4.78 is 27.1. The molecule has 0 N–H and O–H groups in total. The summed E-state index contributed by atoms with van der Waals surface area (Å²) in [5.41, 5.74) is 0. The first-order chi connectivity index (χ1) is 5.64. The van der Waals surface area contributed by atoms with Gasteiger partial charge in [0.1, 0.15) is 0 Å². The molecule has 0 aliphatic heterocycles. The van der Waals surface area contributed by atoms with Crippen molar-refractivity contribution >= 4 is 10.1 Å². The van der Waals surface area contributed by atoms with E-state index in [0.29, 0.717) is 0 Å². The van der Waals surface area contributed by atoms with Gasteiger partial charge in [0, 0.05) is 0 Å². The zero-order chi connectivity index (χ0) is 9.03. The summed E-state index contributed by atoms with van der Waals surface area (Å²) in [5, 5.41) is 0. The Bertz CT molecular complexity index is 214. The van der Waals surface area contributed by atoms with Crippen molar-refractivity contribution in [2.45, 2.75) is 45.1 Å². The maximum atomic E-state index is 11.0. The summed E-state index contributed by atoms with van der Waals surface area (Å²) in [4.78, 5) is 0. The Morgan fingerprint density at radius 2 is 1.83 bits per heavy atom. The fourth-order valence-corrected chi connectivity index (χ4v) is 2.18. The van der Waals surface area contributed by atoms with Crippen LogP contribution >= 0.6 is 0 Å². The van der Waals surface area contributed by atoms with Crippen LogP contribution in [0.4, 0.5) is 0 Å². The third kappa shape index (κ3) is 3.11. The van der Waals surface area contributed by atoms with Crippen LogP contribution in [0.5, 0.6) is 0 Å². The number of hydrogen-bond donors (Lipinski definition) is 0. The molecule has 0 bridgehead atoms. The van der Waals surface area contributed by atoms with E-state index < -0.39 is 10.1 Å². The molecule has 3 nitrogen and oxygen atoms in total. The average Bonchev–Trinajstić information content (AvgIpc) is 2.06. The highest BCUT2D eigenvalue weighted by atomic mass is 32.2. The van der Waals surface area contributed by atoms with Crippen LogP contribution in [-0.2, 0) is 14.3 Å². The molecule has 0 heterocycles. The normalized spacial score (nSPS) is 21.1. The molecule has 72 valence electrons. The molecule has 0 amide bonds. The van der Waals surface area contributed by atoms with Crippen LogP contribution in [0.2, 0.25) is 0 Å². The second kappa shape index (κ2) is 4.23. The summed E-state index contributed by atoms with van der Waals surface area (Å²) in [6, 6.07) is 0. The van der Waals surface area contributed by atoms with E-state index in [1.807, 2.05) is 0 Å². The fourth-order valence-electron chi connectivity index (χ4n) is 1.44. The second-order valence-electron chi connectivity index (χ2n) is 3.20. The molecule has 1 rings (SSSR count). The molecule has 0 atom stereocenters. The SMILES string of the molecule is CCS(=O)(=O)OC1CCCCC1. The van der Waals surface area contributed by atoms with Crippen LogP contribution < -0.4 is 0 Å². The van der Waals surface area contributed by atoms with E-state index in [1.165, 1.54) is 6.42 Å². The molecule has 1 aliphatic carbocycles. The van der Waals surface area contributed by atoms with Gasteiger partial charge < -0.3 is 0 Å². The predicted molar refractivity (Wildman–Crippen MR) is 47.4 cm³/mol. The molecule has 0 aromatic heterocycles. The van der Waals surface area contributed by atoms with Gasteiger partial charge >= 0.3 is 0 Å². The molecule has 1 fully saturated rings. The van der Waals surface area contributed by atoms with E-state index in [2.05, 4.69) is 0 Å². The van der Waals surface area contributed by atoms with Crippen molar-refractivity contribution < 1.29 is 12.6 Å². The topological polar surface area (TPSA) is 43.4 Å². The highest BCUT2D eigenvalue weighted by molar-refractivity contribution is 7.86. The van der Waals surface area contributed by atoms with Crippen molar-refractivity contribution in [3.8, 4) is 0 Å². The summed E-state index contributed by atoms with van der Waals surface area (Å²) in [6.45, 7) is 1.61. The third-order valence-electron chi connectivity index (χ3n) is 2.19. The Morgan fingerprint density at radius 3 is 2.33 bits per heavy atom. The molecule has 0 spiro atoms. The van der Waals surface area contributed by atoms with E-state index in [1.54, 1.807) is 6.92 Å². The van der Waals surface area contributed by atoms with Gasteiger partial charge in [0.2, 0.25) is 0 Å². The van der Waals surface area contributed by atoms with Gasteiger partial charge in [-0.3, -0.25) is 4.18 Å². The summed E-state index contributed by atoms with van der Waals surface area (Å²) in [5.74, 6) is 0.0868. The zero-order valence-electron chi connectivity index (χ0n) is 7.45. The minimum absolute atomic E-state index is 0.0382. The van der Waals surface area contributed by atoms with Crippen LogP contribution in [0, 0.1) is 0 Å². The van der Waals surface area contributed by atoms with E-state index in [-0.39, 0.29) is 11.9 Å².